The molecule has 1 aromatic carbocycles. The highest BCUT2D eigenvalue weighted by Gasteiger charge is 2.30. The fraction of sp³-hybridized carbons (Fsp3) is 0.364. The Morgan fingerprint density at radius 2 is 2.27 bits per heavy atom. The number of likely N-dealkylation sites (N-methyl/N-ethyl adjacent to an activating group) is 1. The summed E-state index contributed by atoms with van der Waals surface area (Å²) in [7, 11) is 1.69. The van der Waals surface area contributed by atoms with E-state index in [1.165, 1.54) is 11.0 Å². The summed E-state index contributed by atoms with van der Waals surface area (Å²) in [6.45, 7) is 1.90. The summed E-state index contributed by atoms with van der Waals surface area (Å²) in [6, 6.07) is 4.75. The van der Waals surface area contributed by atoms with E-state index in [1.807, 2.05) is 6.92 Å². The quantitative estimate of drug-likeness (QED) is 0.759. The first kappa shape index (κ1) is 9.83. The molecule has 2 rings (SSSR count). The third-order valence-corrected chi connectivity index (χ3v) is 2.55. The topological polar surface area (TPSA) is 49.8 Å². The van der Waals surface area contributed by atoms with E-state index in [1.54, 1.807) is 19.2 Å². The molecule has 0 spiro atoms. The second kappa shape index (κ2) is 3.46. The number of carbonyl (C=O) groups is 1. The summed E-state index contributed by atoms with van der Waals surface area (Å²) in [5.74, 6) is 0.698. The number of hydrogen-bond donors (Lipinski definition) is 1. The average Bonchev–Trinajstić information content (AvgIpc) is 2.24. The Morgan fingerprint density at radius 3 is 2.93 bits per heavy atom. The number of hydrogen-bond acceptors (Lipinski definition) is 3. The molecule has 1 amide bonds. The molecule has 0 bridgehead atoms. The van der Waals surface area contributed by atoms with Crippen molar-refractivity contribution in [3.63, 3.8) is 0 Å². The van der Waals surface area contributed by atoms with Gasteiger partial charge in [-0.05, 0) is 18.6 Å². The van der Waals surface area contributed by atoms with E-state index in [0.717, 1.165) is 0 Å². The normalized spacial score (nSPS) is 19.7. The molecule has 1 N–H and O–H groups in total. The molecule has 1 unspecified atom stereocenters. The molecule has 0 saturated carbocycles. The monoisotopic (exact) mass is 207 g/mol. The molecule has 15 heavy (non-hydrogen) atoms. The highest BCUT2D eigenvalue weighted by atomic mass is 16.5. The Kier molecular flexibility index (Phi) is 2.26. The molecule has 4 nitrogen and oxygen atoms in total. The minimum atomic E-state index is -0.410. The molecule has 0 aliphatic carbocycles. The van der Waals surface area contributed by atoms with Gasteiger partial charge in [0.15, 0.2) is 6.10 Å². The number of aromatic hydroxyl groups is 1. The number of phenols is 1. The number of anilines is 1. The summed E-state index contributed by atoms with van der Waals surface area (Å²) in [4.78, 5) is 13.3. The van der Waals surface area contributed by atoms with Gasteiger partial charge >= 0.3 is 0 Å². The van der Waals surface area contributed by atoms with Crippen molar-refractivity contribution in [2.24, 2.45) is 0 Å². The van der Waals surface area contributed by atoms with Crippen LogP contribution in [-0.2, 0) is 4.79 Å². The second-order valence-electron chi connectivity index (χ2n) is 3.56. The van der Waals surface area contributed by atoms with E-state index >= 15 is 0 Å². The van der Waals surface area contributed by atoms with Gasteiger partial charge in [-0.2, -0.15) is 0 Å². The lowest BCUT2D eigenvalue weighted by molar-refractivity contribution is -0.126. The minimum Gasteiger partial charge on any atom is -0.508 e. The molecule has 0 saturated heterocycles. The van der Waals surface area contributed by atoms with Gasteiger partial charge in [-0.15, -0.1) is 0 Å². The van der Waals surface area contributed by atoms with Gasteiger partial charge in [0.1, 0.15) is 11.5 Å². The average molecular weight is 207 g/mol. The van der Waals surface area contributed by atoms with Crippen molar-refractivity contribution in [1.29, 1.82) is 0 Å². The fourth-order valence-corrected chi connectivity index (χ4v) is 1.66. The molecule has 4 heteroatoms. The zero-order valence-electron chi connectivity index (χ0n) is 8.73. The van der Waals surface area contributed by atoms with Crippen LogP contribution in [0.25, 0.3) is 0 Å². The van der Waals surface area contributed by atoms with E-state index in [4.69, 9.17) is 4.74 Å². The van der Waals surface area contributed by atoms with Crippen molar-refractivity contribution in [2.75, 3.05) is 11.9 Å². The maximum Gasteiger partial charge on any atom is 0.267 e. The van der Waals surface area contributed by atoms with Crippen LogP contribution in [0.15, 0.2) is 18.2 Å². The Balaban J connectivity index is 2.45. The van der Waals surface area contributed by atoms with E-state index in [-0.39, 0.29) is 11.7 Å². The smallest absolute Gasteiger partial charge is 0.267 e. The maximum absolute atomic E-state index is 11.7. The molecule has 0 radical (unpaired) electrons. The van der Waals surface area contributed by atoms with E-state index < -0.39 is 6.10 Å². The molecular formula is C11H13NO3. The molecule has 0 fully saturated rings. The van der Waals surface area contributed by atoms with Crippen molar-refractivity contribution >= 4 is 11.6 Å². The zero-order valence-corrected chi connectivity index (χ0v) is 8.73. The first-order chi connectivity index (χ1) is 7.13. The fourth-order valence-electron chi connectivity index (χ4n) is 1.66. The van der Waals surface area contributed by atoms with Crippen molar-refractivity contribution in [3.8, 4) is 11.5 Å². The van der Waals surface area contributed by atoms with E-state index in [0.29, 0.717) is 17.9 Å². The Bertz CT molecular complexity index is 403. The molecule has 1 heterocycles. The van der Waals surface area contributed by atoms with Gasteiger partial charge in [0, 0.05) is 13.1 Å². The number of rotatable bonds is 1. The predicted molar refractivity (Wildman–Crippen MR) is 56.2 cm³/mol. The minimum absolute atomic E-state index is 0.0735. The number of amides is 1. The van der Waals surface area contributed by atoms with Crippen LogP contribution in [0.4, 0.5) is 5.69 Å². The highest BCUT2D eigenvalue weighted by molar-refractivity contribution is 5.99. The zero-order chi connectivity index (χ0) is 11.0. The van der Waals surface area contributed by atoms with Gasteiger partial charge in [-0.25, -0.2) is 0 Å². The van der Waals surface area contributed by atoms with Crippen LogP contribution in [-0.4, -0.2) is 24.2 Å². The van der Waals surface area contributed by atoms with Crippen molar-refractivity contribution in [1.82, 2.24) is 0 Å². The van der Waals surface area contributed by atoms with Gasteiger partial charge in [-0.3, -0.25) is 4.79 Å². The predicted octanol–water partition coefficient (Wildman–Crippen LogP) is 1.53. The van der Waals surface area contributed by atoms with Gasteiger partial charge in [-0.1, -0.05) is 6.92 Å². The van der Waals surface area contributed by atoms with Crippen molar-refractivity contribution < 1.29 is 14.6 Å². The molecule has 1 aliphatic rings. The molecule has 0 aromatic heterocycles. The molecular weight excluding hydrogens is 194 g/mol. The molecule has 1 aliphatic heterocycles. The Morgan fingerprint density at radius 1 is 1.53 bits per heavy atom. The lowest BCUT2D eigenvalue weighted by atomic mass is 10.1. The summed E-state index contributed by atoms with van der Waals surface area (Å²) in [6.07, 6.45) is 0.232. The molecule has 1 aromatic rings. The number of benzene rings is 1. The van der Waals surface area contributed by atoms with Crippen LogP contribution in [0, 0.1) is 0 Å². The van der Waals surface area contributed by atoms with E-state index in [2.05, 4.69) is 0 Å². The van der Waals surface area contributed by atoms with Crippen LogP contribution in [0.1, 0.15) is 13.3 Å². The Labute approximate surface area is 88.1 Å². The number of phenolic OH excluding ortho intramolecular Hbond substituents is 1. The number of carbonyl (C=O) groups excluding carboxylic acids is 1. The van der Waals surface area contributed by atoms with Crippen LogP contribution in [0.5, 0.6) is 11.5 Å². The summed E-state index contributed by atoms with van der Waals surface area (Å²) in [5, 5.41) is 9.32. The highest BCUT2D eigenvalue weighted by Crippen LogP contribution is 2.36. The van der Waals surface area contributed by atoms with Gasteiger partial charge in [0.05, 0.1) is 5.69 Å². The first-order valence-electron chi connectivity index (χ1n) is 4.90. The van der Waals surface area contributed by atoms with Crippen LogP contribution in [0.2, 0.25) is 0 Å². The third-order valence-electron chi connectivity index (χ3n) is 2.55. The molecule has 80 valence electrons. The van der Waals surface area contributed by atoms with Crippen LogP contribution >= 0.6 is 0 Å². The lowest BCUT2D eigenvalue weighted by Gasteiger charge is -2.31. The lowest BCUT2D eigenvalue weighted by Crippen LogP contribution is -2.43. The SMILES string of the molecule is CCC1Oc2ccc(O)cc2N(C)C1=O. The largest absolute Gasteiger partial charge is 0.508 e. The van der Waals surface area contributed by atoms with Crippen LogP contribution < -0.4 is 9.64 Å². The Hall–Kier alpha value is -1.71. The maximum atomic E-state index is 11.7. The number of ether oxygens (including phenoxy) is 1. The summed E-state index contributed by atoms with van der Waals surface area (Å²) >= 11 is 0. The van der Waals surface area contributed by atoms with Gasteiger partial charge in [0.25, 0.3) is 5.91 Å². The molecule has 1 atom stereocenters. The van der Waals surface area contributed by atoms with Crippen LogP contribution in [0.3, 0.4) is 0 Å². The number of nitrogens with zero attached hydrogens (tertiary/aromatic N) is 1. The second-order valence-corrected chi connectivity index (χ2v) is 3.56. The van der Waals surface area contributed by atoms with Crippen molar-refractivity contribution in [3.05, 3.63) is 18.2 Å². The van der Waals surface area contributed by atoms with Gasteiger partial charge < -0.3 is 14.7 Å². The van der Waals surface area contributed by atoms with Gasteiger partial charge in [0.2, 0.25) is 0 Å². The van der Waals surface area contributed by atoms with Crippen molar-refractivity contribution in [2.45, 2.75) is 19.4 Å². The third kappa shape index (κ3) is 1.52. The first-order valence-corrected chi connectivity index (χ1v) is 4.90. The number of fused-ring (bicyclic) bond motifs is 1. The van der Waals surface area contributed by atoms with E-state index in [9.17, 15) is 9.90 Å². The standard InChI is InChI=1S/C11H13NO3/c1-3-9-11(14)12(2)8-6-7(13)4-5-10(8)15-9/h4-6,9,13H,3H2,1-2H3. The summed E-state index contributed by atoms with van der Waals surface area (Å²) < 4.78 is 5.52. The summed E-state index contributed by atoms with van der Waals surface area (Å²) in [5.41, 5.74) is 0.615.